The monoisotopic (exact) mass is 598 g/mol. The Morgan fingerprint density at radius 2 is 1.86 bits per heavy atom. The molecule has 0 aliphatic carbocycles. The number of rotatable bonds is 10. The minimum atomic E-state index is -4.43. The zero-order valence-electron chi connectivity index (χ0n) is 23.0. The van der Waals surface area contributed by atoms with Crippen molar-refractivity contribution in [1.82, 2.24) is 34.2 Å². The number of halogens is 3. The van der Waals surface area contributed by atoms with E-state index in [0.717, 1.165) is 39.1 Å². The van der Waals surface area contributed by atoms with Crippen LogP contribution in [0.25, 0.3) is 16.9 Å². The average Bonchev–Trinajstić information content (AvgIpc) is 3.23. The third-order valence-electron chi connectivity index (χ3n) is 7.21. The Hall–Kier alpha value is -4.50. The molecular formula is C28H29F3N8O4. The van der Waals surface area contributed by atoms with Crippen LogP contribution in [0.3, 0.4) is 0 Å². The molecule has 2 aliphatic heterocycles. The number of anilines is 2. The Bertz CT molecular complexity index is 1640. The molecule has 43 heavy (non-hydrogen) atoms. The number of hydrogen-bond acceptors (Lipinski definition) is 10. The van der Waals surface area contributed by atoms with Gasteiger partial charge in [-0.3, -0.25) is 9.69 Å². The van der Waals surface area contributed by atoms with Crippen molar-refractivity contribution in [3.05, 3.63) is 65.7 Å². The highest BCUT2D eigenvalue weighted by atomic mass is 19.4. The molecule has 0 saturated carbocycles. The van der Waals surface area contributed by atoms with Gasteiger partial charge in [0.1, 0.15) is 17.2 Å². The van der Waals surface area contributed by atoms with Gasteiger partial charge in [0.25, 0.3) is 5.56 Å². The first-order chi connectivity index (χ1) is 20.8. The van der Waals surface area contributed by atoms with E-state index in [1.807, 2.05) is 0 Å². The van der Waals surface area contributed by atoms with Gasteiger partial charge in [0.2, 0.25) is 5.95 Å². The van der Waals surface area contributed by atoms with Crippen LogP contribution in [0.5, 0.6) is 11.8 Å². The summed E-state index contributed by atoms with van der Waals surface area (Å²) in [5, 5.41) is 3.27. The first kappa shape index (κ1) is 28.6. The van der Waals surface area contributed by atoms with Crippen molar-refractivity contribution in [1.29, 1.82) is 0 Å². The number of likely N-dealkylation sites (tertiary alicyclic amines) is 1. The number of fused-ring (bicyclic) bond motifs is 1. The number of hydrogen-bond donors (Lipinski definition) is 1. The van der Waals surface area contributed by atoms with Gasteiger partial charge in [-0.25, -0.2) is 19.3 Å². The molecule has 15 heteroatoms. The number of nitrogens with one attached hydrogen (secondary N) is 1. The Morgan fingerprint density at radius 1 is 1.09 bits per heavy atom. The van der Waals surface area contributed by atoms with Gasteiger partial charge in [-0.1, -0.05) is 6.08 Å². The minimum Gasteiger partial charge on any atom is -0.484 e. The predicted octanol–water partition coefficient (Wildman–Crippen LogP) is 3.48. The van der Waals surface area contributed by atoms with Crippen molar-refractivity contribution < 1.29 is 27.4 Å². The summed E-state index contributed by atoms with van der Waals surface area (Å²) in [6, 6.07) is 8.21. The molecule has 0 spiro atoms. The molecule has 3 aromatic heterocycles. The molecule has 0 amide bonds. The van der Waals surface area contributed by atoms with E-state index in [4.69, 9.17) is 14.2 Å². The van der Waals surface area contributed by atoms with E-state index in [2.05, 4.69) is 36.7 Å². The van der Waals surface area contributed by atoms with E-state index in [9.17, 15) is 18.0 Å². The summed E-state index contributed by atoms with van der Waals surface area (Å²) in [5.41, 5.74) is 0.461. The van der Waals surface area contributed by atoms with Crippen LogP contribution in [0.1, 0.15) is 12.8 Å². The van der Waals surface area contributed by atoms with Crippen molar-refractivity contribution in [2.75, 3.05) is 38.2 Å². The second kappa shape index (κ2) is 12.0. The lowest BCUT2D eigenvalue weighted by Crippen LogP contribution is -2.53. The number of allylic oxidation sites excluding steroid dienone is 1. The van der Waals surface area contributed by atoms with Gasteiger partial charge in [0.05, 0.1) is 25.8 Å². The molecule has 0 radical (unpaired) electrons. The largest absolute Gasteiger partial charge is 0.484 e. The van der Waals surface area contributed by atoms with Gasteiger partial charge >= 0.3 is 12.2 Å². The van der Waals surface area contributed by atoms with E-state index in [0.29, 0.717) is 17.5 Å². The van der Waals surface area contributed by atoms with Crippen LogP contribution in [0.15, 0.2) is 60.2 Å². The fourth-order valence-corrected chi connectivity index (χ4v) is 4.99. The Kier molecular flexibility index (Phi) is 7.99. The Labute approximate surface area is 243 Å². The number of benzene rings is 1. The third kappa shape index (κ3) is 6.46. The summed E-state index contributed by atoms with van der Waals surface area (Å²) in [6.45, 7) is 5.95. The molecule has 4 aromatic rings. The Balaban J connectivity index is 1.23. The van der Waals surface area contributed by atoms with Crippen molar-refractivity contribution in [3.8, 4) is 17.6 Å². The fourth-order valence-electron chi connectivity index (χ4n) is 4.99. The van der Waals surface area contributed by atoms with E-state index < -0.39 is 12.8 Å². The summed E-state index contributed by atoms with van der Waals surface area (Å²) < 4.78 is 56.5. The van der Waals surface area contributed by atoms with E-state index in [-0.39, 0.29) is 46.9 Å². The second-order valence-corrected chi connectivity index (χ2v) is 10.2. The molecule has 0 atom stereocenters. The average molecular weight is 599 g/mol. The molecule has 6 rings (SSSR count). The lowest BCUT2D eigenvalue weighted by molar-refractivity contribution is -0.153. The summed E-state index contributed by atoms with van der Waals surface area (Å²) in [7, 11) is 0. The molecule has 2 fully saturated rings. The van der Waals surface area contributed by atoms with Crippen LogP contribution in [0.2, 0.25) is 0 Å². The van der Waals surface area contributed by atoms with Crippen molar-refractivity contribution >= 4 is 22.7 Å². The van der Waals surface area contributed by atoms with Crippen LogP contribution >= 0.6 is 0 Å². The SMILES string of the molecule is C=CCn1c(=O)c2cnc(Nc3ccc(OCC(F)(F)F)cc3)nc2n1-c1ccnc(OC2CCN(C3COC3)CC2)n1. The zero-order valence-corrected chi connectivity index (χ0v) is 23.0. The van der Waals surface area contributed by atoms with Crippen LogP contribution in [-0.2, 0) is 11.3 Å². The van der Waals surface area contributed by atoms with Crippen LogP contribution in [0, 0.1) is 0 Å². The van der Waals surface area contributed by atoms with Crippen molar-refractivity contribution in [3.63, 3.8) is 0 Å². The van der Waals surface area contributed by atoms with Crippen molar-refractivity contribution in [2.45, 2.75) is 37.7 Å². The molecule has 1 N–H and O–H groups in total. The summed E-state index contributed by atoms with van der Waals surface area (Å²) in [5.74, 6) is 0.601. The minimum absolute atomic E-state index is 0.0346. The molecular weight excluding hydrogens is 569 g/mol. The van der Waals surface area contributed by atoms with Gasteiger partial charge in [-0.05, 0) is 37.1 Å². The highest BCUT2D eigenvalue weighted by Gasteiger charge is 2.31. The maximum absolute atomic E-state index is 13.3. The van der Waals surface area contributed by atoms with Crippen LogP contribution in [-0.4, -0.2) is 85.4 Å². The first-order valence-electron chi connectivity index (χ1n) is 13.8. The molecule has 0 bridgehead atoms. The van der Waals surface area contributed by atoms with Crippen LogP contribution < -0.4 is 20.3 Å². The van der Waals surface area contributed by atoms with E-state index in [1.54, 1.807) is 23.0 Å². The summed E-state index contributed by atoms with van der Waals surface area (Å²) in [6.07, 6.45) is 1.78. The maximum atomic E-state index is 13.3. The predicted molar refractivity (Wildman–Crippen MR) is 150 cm³/mol. The Morgan fingerprint density at radius 3 is 2.53 bits per heavy atom. The lowest BCUT2D eigenvalue weighted by atomic mass is 10.0. The standard InChI is InChI=1S/C28H29F3N8O4/c1-2-11-38-25(40)22-14-33-26(34-18-3-5-20(6-4-18)42-17-28(29,30)31)36-24(22)39(38)23-7-10-32-27(35-23)43-21-8-12-37(13-9-21)19-15-41-16-19/h2-7,10,14,19,21H,1,8-9,11-13,15-17H2,(H,33,34,36). The molecule has 5 heterocycles. The van der Waals surface area contributed by atoms with Crippen molar-refractivity contribution in [2.24, 2.45) is 0 Å². The van der Waals surface area contributed by atoms with Crippen LogP contribution in [0.4, 0.5) is 24.8 Å². The quantitative estimate of drug-likeness (QED) is 0.272. The van der Waals surface area contributed by atoms with Gasteiger partial charge < -0.3 is 19.5 Å². The second-order valence-electron chi connectivity index (χ2n) is 10.2. The molecule has 2 saturated heterocycles. The number of ether oxygens (including phenoxy) is 3. The maximum Gasteiger partial charge on any atom is 0.422 e. The smallest absolute Gasteiger partial charge is 0.422 e. The molecule has 2 aliphatic rings. The molecule has 12 nitrogen and oxygen atoms in total. The summed E-state index contributed by atoms with van der Waals surface area (Å²) >= 11 is 0. The first-order valence-corrected chi connectivity index (χ1v) is 13.8. The fraction of sp³-hybridized carbons (Fsp3) is 0.393. The zero-order chi connectivity index (χ0) is 30.0. The molecule has 1 aromatic carbocycles. The normalized spacial score (nSPS) is 16.6. The third-order valence-corrected chi connectivity index (χ3v) is 7.21. The molecule has 226 valence electrons. The highest BCUT2D eigenvalue weighted by Crippen LogP contribution is 2.24. The van der Waals surface area contributed by atoms with Gasteiger partial charge in [0.15, 0.2) is 18.1 Å². The number of alkyl halides is 3. The van der Waals surface area contributed by atoms with E-state index in [1.165, 1.54) is 35.1 Å². The molecule has 0 unspecified atom stereocenters. The number of aromatic nitrogens is 6. The lowest BCUT2D eigenvalue weighted by Gasteiger charge is -2.41. The van der Waals surface area contributed by atoms with Gasteiger partial charge in [-0.2, -0.15) is 23.1 Å². The van der Waals surface area contributed by atoms with Gasteiger partial charge in [0, 0.05) is 37.2 Å². The summed E-state index contributed by atoms with van der Waals surface area (Å²) in [4.78, 5) is 33.4. The number of piperidine rings is 1. The highest BCUT2D eigenvalue weighted by molar-refractivity contribution is 5.77. The van der Waals surface area contributed by atoms with E-state index >= 15 is 0 Å². The van der Waals surface area contributed by atoms with Gasteiger partial charge in [-0.15, -0.1) is 6.58 Å². The number of nitrogens with zero attached hydrogens (tertiary/aromatic N) is 7. The topological polar surface area (TPSA) is 121 Å².